The molecule has 1 aromatic carbocycles. The molecule has 1 saturated heterocycles. The van der Waals surface area contributed by atoms with Crippen molar-refractivity contribution in [2.24, 2.45) is 17.8 Å². The molecule has 3 N–H and O–H groups in total. The summed E-state index contributed by atoms with van der Waals surface area (Å²) in [6.07, 6.45) is 1.31. The third kappa shape index (κ3) is 12.7. The molecule has 1 fully saturated rings. The zero-order valence-electron chi connectivity index (χ0n) is 34.1. The number of ether oxygens (including phenoxy) is 3. The SMILES string of the molecule is CCC(C)C(C(CC(=O)N1CCCC1C(OC)C(C)C)OC)N(C)C(=O)CNC(=O)C(C(C)C)N(C)C(=O)OCc1ccc(NC(=O)[C@H](C)NC)cc1. The van der Waals surface area contributed by atoms with Crippen molar-refractivity contribution in [3.8, 4) is 0 Å². The lowest BCUT2D eigenvalue weighted by Crippen LogP contribution is -2.55. The molecule has 6 unspecified atom stereocenters. The van der Waals surface area contributed by atoms with Crippen molar-refractivity contribution in [1.82, 2.24) is 25.3 Å². The monoisotopic (exact) mass is 746 g/mol. The molecule has 0 aliphatic carbocycles. The minimum absolute atomic E-state index is 0.00417. The van der Waals surface area contributed by atoms with E-state index in [1.54, 1.807) is 64.4 Å². The first kappa shape index (κ1) is 45.4. The number of likely N-dealkylation sites (tertiary alicyclic amines) is 1. The maximum atomic E-state index is 13.7. The van der Waals surface area contributed by atoms with Crippen LogP contribution in [-0.2, 0) is 40.0 Å². The number of anilines is 1. The smallest absolute Gasteiger partial charge is 0.410 e. The second-order valence-corrected chi connectivity index (χ2v) is 14.9. The normalized spacial score (nSPS) is 17.8. The first-order valence-corrected chi connectivity index (χ1v) is 18.9. The van der Waals surface area contributed by atoms with Crippen molar-refractivity contribution in [2.75, 3.05) is 53.8 Å². The maximum Gasteiger partial charge on any atom is 0.410 e. The Bertz CT molecular complexity index is 1340. The van der Waals surface area contributed by atoms with E-state index in [-0.39, 0.29) is 73.2 Å². The van der Waals surface area contributed by atoms with Gasteiger partial charge in [-0.3, -0.25) is 24.1 Å². The van der Waals surface area contributed by atoms with Crippen LogP contribution >= 0.6 is 0 Å². The Hall–Kier alpha value is -3.75. The highest BCUT2D eigenvalue weighted by molar-refractivity contribution is 5.94. The van der Waals surface area contributed by atoms with Crippen LogP contribution in [-0.4, -0.2) is 129 Å². The van der Waals surface area contributed by atoms with Crippen molar-refractivity contribution < 1.29 is 38.2 Å². The predicted octanol–water partition coefficient (Wildman–Crippen LogP) is 3.88. The van der Waals surface area contributed by atoms with E-state index < -0.39 is 30.2 Å². The van der Waals surface area contributed by atoms with Gasteiger partial charge in [-0.05, 0) is 62.3 Å². The molecule has 0 bridgehead atoms. The molecular formula is C39H66N6O8. The molecule has 0 aromatic heterocycles. The van der Waals surface area contributed by atoms with E-state index in [0.717, 1.165) is 19.3 Å². The van der Waals surface area contributed by atoms with Gasteiger partial charge in [-0.25, -0.2) is 4.79 Å². The van der Waals surface area contributed by atoms with Gasteiger partial charge in [0.1, 0.15) is 12.6 Å². The molecular weight excluding hydrogens is 680 g/mol. The first-order valence-electron chi connectivity index (χ1n) is 18.9. The summed E-state index contributed by atoms with van der Waals surface area (Å²) in [5.74, 6) is -1.08. The Balaban J connectivity index is 2.05. The minimum Gasteiger partial charge on any atom is -0.445 e. The zero-order chi connectivity index (χ0) is 40.0. The molecule has 1 aliphatic heterocycles. The molecule has 1 heterocycles. The van der Waals surface area contributed by atoms with Crippen molar-refractivity contribution in [3.05, 3.63) is 29.8 Å². The molecule has 0 saturated carbocycles. The largest absolute Gasteiger partial charge is 0.445 e. The Kier molecular flexibility index (Phi) is 18.7. The minimum atomic E-state index is -0.905. The molecule has 5 amide bonds. The van der Waals surface area contributed by atoms with Crippen LogP contribution in [0.2, 0.25) is 0 Å². The van der Waals surface area contributed by atoms with Crippen LogP contribution in [0.25, 0.3) is 0 Å². The number of benzene rings is 1. The molecule has 0 spiro atoms. The lowest BCUT2D eigenvalue weighted by molar-refractivity contribution is -0.144. The van der Waals surface area contributed by atoms with Crippen LogP contribution in [0.3, 0.4) is 0 Å². The van der Waals surface area contributed by atoms with Crippen molar-refractivity contribution in [1.29, 1.82) is 0 Å². The Morgan fingerprint density at radius 3 is 2.08 bits per heavy atom. The van der Waals surface area contributed by atoms with Crippen LogP contribution < -0.4 is 16.0 Å². The highest BCUT2D eigenvalue weighted by atomic mass is 16.6. The summed E-state index contributed by atoms with van der Waals surface area (Å²) < 4.78 is 17.2. The highest BCUT2D eigenvalue weighted by Crippen LogP contribution is 2.29. The topological polar surface area (TPSA) is 159 Å². The van der Waals surface area contributed by atoms with E-state index in [9.17, 15) is 24.0 Å². The number of amides is 5. The second kappa shape index (κ2) is 21.8. The summed E-state index contributed by atoms with van der Waals surface area (Å²) in [5, 5.41) is 8.41. The molecule has 1 aromatic rings. The predicted molar refractivity (Wildman–Crippen MR) is 205 cm³/mol. The van der Waals surface area contributed by atoms with Gasteiger partial charge in [-0.15, -0.1) is 0 Å². The number of likely N-dealkylation sites (N-methyl/N-ethyl adjacent to an activating group) is 3. The van der Waals surface area contributed by atoms with Gasteiger partial charge >= 0.3 is 6.09 Å². The fourth-order valence-electron chi connectivity index (χ4n) is 7.10. The summed E-state index contributed by atoms with van der Waals surface area (Å²) in [7, 11) is 8.11. The first-order chi connectivity index (χ1) is 25.0. The maximum absolute atomic E-state index is 13.7. The number of nitrogens with zero attached hydrogens (tertiary/aromatic N) is 3. The fourth-order valence-corrected chi connectivity index (χ4v) is 7.10. The van der Waals surface area contributed by atoms with Crippen molar-refractivity contribution in [3.63, 3.8) is 0 Å². The highest BCUT2D eigenvalue weighted by Gasteiger charge is 2.40. The van der Waals surface area contributed by atoms with Crippen molar-refractivity contribution >= 4 is 35.4 Å². The number of nitrogens with one attached hydrogen (secondary N) is 3. The van der Waals surface area contributed by atoms with Crippen LogP contribution in [0.4, 0.5) is 10.5 Å². The summed E-state index contributed by atoms with van der Waals surface area (Å²) >= 11 is 0. The van der Waals surface area contributed by atoms with Crippen LogP contribution in [0.5, 0.6) is 0 Å². The molecule has 1 aliphatic rings. The zero-order valence-corrected chi connectivity index (χ0v) is 34.1. The number of carbonyl (C=O) groups excluding carboxylic acids is 5. The molecule has 14 heteroatoms. The molecule has 53 heavy (non-hydrogen) atoms. The number of rotatable bonds is 20. The van der Waals surface area contributed by atoms with Crippen molar-refractivity contribution in [2.45, 2.75) is 117 Å². The summed E-state index contributed by atoms with van der Waals surface area (Å²) in [5.41, 5.74) is 1.31. The Labute approximate surface area is 317 Å². The van der Waals surface area contributed by atoms with E-state index >= 15 is 0 Å². The number of methoxy groups -OCH3 is 2. The van der Waals surface area contributed by atoms with Gasteiger partial charge in [0.2, 0.25) is 23.6 Å². The van der Waals surface area contributed by atoms with E-state index in [2.05, 4.69) is 29.8 Å². The molecule has 2 rings (SSSR count). The van der Waals surface area contributed by atoms with E-state index in [1.165, 1.54) is 11.9 Å². The Morgan fingerprint density at radius 1 is 0.906 bits per heavy atom. The van der Waals surface area contributed by atoms with Gasteiger partial charge in [0.25, 0.3) is 0 Å². The molecule has 7 atom stereocenters. The van der Waals surface area contributed by atoms with Gasteiger partial charge in [0.05, 0.1) is 43.3 Å². The third-order valence-electron chi connectivity index (χ3n) is 10.5. The third-order valence-corrected chi connectivity index (χ3v) is 10.5. The van der Waals surface area contributed by atoms with Gasteiger partial charge in [-0.1, -0.05) is 60.1 Å². The van der Waals surface area contributed by atoms with Crippen LogP contribution in [0.15, 0.2) is 24.3 Å². The van der Waals surface area contributed by atoms with E-state index in [1.807, 2.05) is 32.6 Å². The summed E-state index contributed by atoms with van der Waals surface area (Å²) in [4.78, 5) is 70.7. The molecule has 300 valence electrons. The van der Waals surface area contributed by atoms with Gasteiger partial charge in [0.15, 0.2) is 0 Å². The quantitative estimate of drug-likeness (QED) is 0.180. The van der Waals surface area contributed by atoms with E-state index in [4.69, 9.17) is 14.2 Å². The lowest BCUT2D eigenvalue weighted by atomic mass is 9.90. The van der Waals surface area contributed by atoms with Crippen LogP contribution in [0, 0.1) is 17.8 Å². The second-order valence-electron chi connectivity index (χ2n) is 14.9. The fraction of sp³-hybridized carbons (Fsp3) is 0.718. The number of carbonyl (C=O) groups is 5. The van der Waals surface area contributed by atoms with Crippen LogP contribution in [0.1, 0.15) is 79.7 Å². The Morgan fingerprint density at radius 2 is 1.55 bits per heavy atom. The average molecular weight is 747 g/mol. The molecule has 14 nitrogen and oxygen atoms in total. The summed E-state index contributed by atoms with van der Waals surface area (Å²) in [6, 6.07) is 5.23. The average Bonchev–Trinajstić information content (AvgIpc) is 3.61. The van der Waals surface area contributed by atoms with E-state index in [0.29, 0.717) is 17.8 Å². The van der Waals surface area contributed by atoms with Gasteiger partial charge < -0.3 is 40.0 Å². The number of hydrogen-bond donors (Lipinski definition) is 3. The van der Waals surface area contributed by atoms with Gasteiger partial charge in [0, 0.05) is 40.5 Å². The standard InChI is InChI=1S/C39H66N6O8/c1-13-26(6)35(31(51-11)21-32(46)45-20-14-15-30(45)36(52-12)25(4)5)43(9)33(47)22-41-38(49)34(24(2)3)44(10)39(50)53-23-28-16-18-29(19-17-28)42-37(48)27(7)40-8/h16-19,24-27,30-31,34-36,40H,13-15,20-23H2,1-12H3,(H,41,49)(H,42,48)/t26?,27-,30?,31?,34?,35?,36?/m0/s1. The lowest BCUT2D eigenvalue weighted by Gasteiger charge is -2.39. The van der Waals surface area contributed by atoms with Gasteiger partial charge in [-0.2, -0.15) is 0 Å². The number of hydrogen-bond acceptors (Lipinski definition) is 9. The summed E-state index contributed by atoms with van der Waals surface area (Å²) in [6.45, 7) is 13.9. The molecule has 0 radical (unpaired) electrons.